The fraction of sp³-hybridized carbons (Fsp3) is 0.308. The molecule has 0 saturated carbocycles. The number of aryl methyl sites for hydroxylation is 1. The Kier molecular flexibility index (Phi) is 3.24. The molecule has 0 saturated heterocycles. The van der Waals surface area contributed by atoms with Crippen LogP contribution >= 0.6 is 0 Å². The summed E-state index contributed by atoms with van der Waals surface area (Å²) >= 11 is 0. The molecule has 0 bridgehead atoms. The fourth-order valence-electron chi connectivity index (χ4n) is 2.03. The van der Waals surface area contributed by atoms with Gasteiger partial charge in [-0.3, -0.25) is 4.79 Å². The minimum atomic E-state index is -0.337. The van der Waals surface area contributed by atoms with Gasteiger partial charge in [0.15, 0.2) is 0 Å². The maximum Gasteiger partial charge on any atom is 0.251 e. The first-order valence-corrected chi connectivity index (χ1v) is 5.59. The molecular formula is C13H15FN2O. The average Bonchev–Trinajstić information content (AvgIpc) is 2.28. The zero-order valence-electron chi connectivity index (χ0n) is 9.93. The number of benzene rings is 1. The van der Waals surface area contributed by atoms with Gasteiger partial charge in [-0.05, 0) is 50.7 Å². The summed E-state index contributed by atoms with van der Waals surface area (Å²) < 4.78 is 13.1. The molecule has 0 amide bonds. The van der Waals surface area contributed by atoms with E-state index < -0.39 is 0 Å². The number of pyridine rings is 1. The van der Waals surface area contributed by atoms with Gasteiger partial charge < -0.3 is 10.3 Å². The van der Waals surface area contributed by atoms with E-state index in [1.807, 2.05) is 14.0 Å². The van der Waals surface area contributed by atoms with Crippen LogP contribution in [0.15, 0.2) is 23.0 Å². The van der Waals surface area contributed by atoms with E-state index in [4.69, 9.17) is 0 Å². The van der Waals surface area contributed by atoms with Crippen LogP contribution in [0.5, 0.6) is 0 Å². The molecule has 0 aliphatic rings. The molecule has 4 heteroatoms. The number of nitrogens with one attached hydrogen (secondary N) is 2. The second-order valence-electron chi connectivity index (χ2n) is 4.10. The van der Waals surface area contributed by atoms with Crippen molar-refractivity contribution >= 4 is 10.9 Å². The topological polar surface area (TPSA) is 44.9 Å². The lowest BCUT2D eigenvalue weighted by molar-refractivity contribution is 0.629. The Morgan fingerprint density at radius 2 is 2.18 bits per heavy atom. The van der Waals surface area contributed by atoms with Crippen LogP contribution in [0, 0.1) is 12.7 Å². The van der Waals surface area contributed by atoms with Crippen LogP contribution in [-0.4, -0.2) is 18.6 Å². The molecule has 0 unspecified atom stereocenters. The molecule has 0 radical (unpaired) electrons. The van der Waals surface area contributed by atoms with Crippen LogP contribution in [0.4, 0.5) is 4.39 Å². The number of fused-ring (bicyclic) bond motifs is 1. The van der Waals surface area contributed by atoms with Crippen LogP contribution in [0.1, 0.15) is 11.1 Å². The van der Waals surface area contributed by atoms with Gasteiger partial charge in [-0.1, -0.05) is 0 Å². The predicted octanol–water partition coefficient (Wildman–Crippen LogP) is 1.74. The molecule has 1 aromatic heterocycles. The third-order valence-corrected chi connectivity index (χ3v) is 2.99. The molecule has 1 aromatic carbocycles. The largest absolute Gasteiger partial charge is 0.322 e. The minimum absolute atomic E-state index is 0.129. The van der Waals surface area contributed by atoms with Gasteiger partial charge in [0.05, 0.1) is 5.52 Å². The van der Waals surface area contributed by atoms with Gasteiger partial charge >= 0.3 is 0 Å². The normalized spacial score (nSPS) is 11.0. The van der Waals surface area contributed by atoms with Gasteiger partial charge in [0.2, 0.25) is 0 Å². The zero-order chi connectivity index (χ0) is 12.4. The molecule has 0 aliphatic heterocycles. The van der Waals surface area contributed by atoms with Gasteiger partial charge in [0.25, 0.3) is 5.56 Å². The maximum absolute atomic E-state index is 13.1. The van der Waals surface area contributed by atoms with Crippen molar-refractivity contribution in [2.75, 3.05) is 13.6 Å². The molecule has 0 atom stereocenters. The molecule has 0 fully saturated rings. The summed E-state index contributed by atoms with van der Waals surface area (Å²) in [5.41, 5.74) is 2.12. The van der Waals surface area contributed by atoms with E-state index in [0.717, 1.165) is 23.1 Å². The Morgan fingerprint density at radius 3 is 2.88 bits per heavy atom. The summed E-state index contributed by atoms with van der Waals surface area (Å²) in [5, 5.41) is 3.92. The highest BCUT2D eigenvalue weighted by Gasteiger charge is 2.08. The SMILES string of the molecule is CNCCc1c(C)c2ccc(F)cc2[nH]c1=O. The summed E-state index contributed by atoms with van der Waals surface area (Å²) in [7, 11) is 1.85. The molecule has 1 heterocycles. The summed E-state index contributed by atoms with van der Waals surface area (Å²) in [6.45, 7) is 2.65. The highest BCUT2D eigenvalue weighted by molar-refractivity contribution is 5.82. The lowest BCUT2D eigenvalue weighted by atomic mass is 10.0. The Hall–Kier alpha value is -1.68. The van der Waals surface area contributed by atoms with Gasteiger partial charge in [0.1, 0.15) is 5.82 Å². The summed E-state index contributed by atoms with van der Waals surface area (Å²) in [5.74, 6) is -0.337. The number of H-pyrrole nitrogens is 1. The molecule has 2 N–H and O–H groups in total. The summed E-state index contributed by atoms with van der Waals surface area (Å²) in [6, 6.07) is 4.47. The standard InChI is InChI=1S/C13H15FN2O/c1-8-10-4-3-9(14)7-12(10)16-13(17)11(8)5-6-15-2/h3-4,7,15H,5-6H2,1-2H3,(H,16,17). The van der Waals surface area contributed by atoms with Crippen LogP contribution in [0.25, 0.3) is 10.9 Å². The van der Waals surface area contributed by atoms with Crippen molar-refractivity contribution in [3.63, 3.8) is 0 Å². The third-order valence-electron chi connectivity index (χ3n) is 2.99. The number of hydrogen-bond acceptors (Lipinski definition) is 2. The highest BCUT2D eigenvalue weighted by Crippen LogP contribution is 2.18. The molecule has 17 heavy (non-hydrogen) atoms. The molecule has 3 nitrogen and oxygen atoms in total. The molecule has 2 aromatic rings. The number of aromatic nitrogens is 1. The number of halogens is 1. The van der Waals surface area contributed by atoms with Crippen molar-refractivity contribution in [1.82, 2.24) is 10.3 Å². The summed E-state index contributed by atoms with van der Waals surface area (Å²) in [4.78, 5) is 14.6. The van der Waals surface area contributed by atoms with Crippen molar-refractivity contribution in [2.45, 2.75) is 13.3 Å². The number of hydrogen-bond donors (Lipinski definition) is 2. The molecule has 90 valence electrons. The quantitative estimate of drug-likeness (QED) is 0.849. The van der Waals surface area contributed by atoms with Gasteiger partial charge in [-0.25, -0.2) is 4.39 Å². The molecule has 0 spiro atoms. The Labute approximate surface area is 98.7 Å². The third kappa shape index (κ3) is 2.22. The van der Waals surface area contributed by atoms with Gasteiger partial charge in [-0.2, -0.15) is 0 Å². The lowest BCUT2D eigenvalue weighted by Gasteiger charge is -2.08. The number of rotatable bonds is 3. The van der Waals surface area contributed by atoms with E-state index in [2.05, 4.69) is 10.3 Å². The van der Waals surface area contributed by atoms with Crippen LogP contribution in [0.2, 0.25) is 0 Å². The van der Waals surface area contributed by atoms with E-state index in [0.29, 0.717) is 11.9 Å². The smallest absolute Gasteiger partial charge is 0.251 e. The minimum Gasteiger partial charge on any atom is -0.322 e. The fourth-order valence-corrected chi connectivity index (χ4v) is 2.03. The highest BCUT2D eigenvalue weighted by atomic mass is 19.1. The van der Waals surface area contributed by atoms with Crippen molar-refractivity contribution in [1.29, 1.82) is 0 Å². The molecule has 2 rings (SSSR count). The number of aromatic amines is 1. The average molecular weight is 234 g/mol. The first-order chi connectivity index (χ1) is 8.13. The van der Waals surface area contributed by atoms with E-state index in [1.54, 1.807) is 6.07 Å². The van der Waals surface area contributed by atoms with Crippen LogP contribution in [0.3, 0.4) is 0 Å². The van der Waals surface area contributed by atoms with Gasteiger partial charge in [-0.15, -0.1) is 0 Å². The Morgan fingerprint density at radius 1 is 1.41 bits per heavy atom. The van der Waals surface area contributed by atoms with Crippen molar-refractivity contribution in [3.8, 4) is 0 Å². The first-order valence-electron chi connectivity index (χ1n) is 5.59. The van der Waals surface area contributed by atoms with Gasteiger partial charge in [0, 0.05) is 10.9 Å². The maximum atomic E-state index is 13.1. The molecular weight excluding hydrogens is 219 g/mol. The van der Waals surface area contributed by atoms with Crippen molar-refractivity contribution in [3.05, 3.63) is 45.5 Å². The Bertz CT molecular complexity index is 604. The second-order valence-corrected chi connectivity index (χ2v) is 4.10. The monoisotopic (exact) mass is 234 g/mol. The zero-order valence-corrected chi connectivity index (χ0v) is 9.93. The summed E-state index contributed by atoms with van der Waals surface area (Å²) in [6.07, 6.45) is 0.672. The predicted molar refractivity (Wildman–Crippen MR) is 66.9 cm³/mol. The second kappa shape index (κ2) is 4.67. The van der Waals surface area contributed by atoms with Crippen molar-refractivity contribution in [2.24, 2.45) is 0 Å². The van der Waals surface area contributed by atoms with E-state index in [-0.39, 0.29) is 11.4 Å². The van der Waals surface area contributed by atoms with Crippen LogP contribution < -0.4 is 10.9 Å². The van der Waals surface area contributed by atoms with E-state index in [9.17, 15) is 9.18 Å². The van der Waals surface area contributed by atoms with E-state index >= 15 is 0 Å². The molecule has 0 aliphatic carbocycles. The van der Waals surface area contributed by atoms with Crippen LogP contribution in [-0.2, 0) is 6.42 Å². The lowest BCUT2D eigenvalue weighted by Crippen LogP contribution is -2.20. The number of likely N-dealkylation sites (N-methyl/N-ethyl adjacent to an activating group) is 1. The Balaban J connectivity index is 2.63. The first kappa shape index (κ1) is 11.8. The van der Waals surface area contributed by atoms with Crippen molar-refractivity contribution < 1.29 is 4.39 Å². The van der Waals surface area contributed by atoms with E-state index in [1.165, 1.54) is 12.1 Å².